The fourth-order valence-electron chi connectivity index (χ4n) is 2.99. The van der Waals surface area contributed by atoms with Crippen molar-refractivity contribution in [2.75, 3.05) is 13.1 Å². The van der Waals surface area contributed by atoms with Gasteiger partial charge in [0.05, 0.1) is 0 Å². The molecule has 2 aliphatic heterocycles. The minimum Gasteiger partial charge on any atom is -0.295 e. The Bertz CT molecular complexity index is 169. The lowest BCUT2D eigenvalue weighted by Crippen LogP contribution is -2.50. The van der Waals surface area contributed by atoms with Crippen LogP contribution < -0.4 is 0 Å². The molecular weight excluding hydrogens is 172 g/mol. The van der Waals surface area contributed by atoms with E-state index in [0.717, 1.165) is 24.2 Å². The smallest absolute Gasteiger partial charge is 0.0242 e. The molecule has 2 atom stereocenters. The fraction of sp³-hybridized carbons (Fsp3) is 1.00. The first-order valence-electron chi connectivity index (χ1n) is 5.61. The van der Waals surface area contributed by atoms with Crippen LogP contribution in [0.5, 0.6) is 0 Å². The molecule has 2 aliphatic rings. The zero-order valence-electron chi connectivity index (χ0n) is 9.33. The molecule has 2 bridgehead atoms. The Labute approximate surface area is 89.3 Å². The van der Waals surface area contributed by atoms with Crippen LogP contribution in [0, 0.1) is 0 Å². The van der Waals surface area contributed by atoms with Gasteiger partial charge in [-0.3, -0.25) is 9.80 Å². The van der Waals surface area contributed by atoms with Gasteiger partial charge in [-0.2, -0.15) is 0 Å². The zero-order chi connectivity index (χ0) is 9.59. The van der Waals surface area contributed by atoms with Gasteiger partial charge >= 0.3 is 0 Å². The second kappa shape index (κ2) is 4.19. The van der Waals surface area contributed by atoms with Crippen LogP contribution in [-0.4, -0.2) is 47.1 Å². The molecule has 0 aromatic carbocycles. The summed E-state index contributed by atoms with van der Waals surface area (Å²) >= 11 is 0. The summed E-state index contributed by atoms with van der Waals surface area (Å²) in [5.74, 6) is 0. The van der Waals surface area contributed by atoms with Gasteiger partial charge < -0.3 is 0 Å². The first-order chi connectivity index (χ1) is 6.09. The molecule has 84 valence electrons. The number of rotatable bonds is 2. The van der Waals surface area contributed by atoms with E-state index in [9.17, 15) is 0 Å². The Hall–Kier alpha value is -0.0800. The summed E-state index contributed by atoms with van der Waals surface area (Å²) in [4.78, 5) is 5.34. The minimum absolute atomic E-state index is 0. The number of piperazine rings is 1. The maximum Gasteiger partial charge on any atom is 0.0242 e. The summed E-state index contributed by atoms with van der Waals surface area (Å²) in [6.07, 6.45) is 1.41. The molecule has 2 heteroatoms. The second-order valence-electron chi connectivity index (χ2n) is 5.12. The zero-order valence-corrected chi connectivity index (χ0v) is 9.33. The third-order valence-electron chi connectivity index (χ3n) is 3.65. The molecule has 0 aromatic heterocycles. The van der Waals surface area contributed by atoms with E-state index in [-0.39, 0.29) is 7.43 Å². The molecule has 0 aromatic rings. The van der Waals surface area contributed by atoms with Gasteiger partial charge in [0.2, 0.25) is 0 Å². The van der Waals surface area contributed by atoms with E-state index in [1.165, 1.54) is 19.5 Å². The summed E-state index contributed by atoms with van der Waals surface area (Å²) in [5.41, 5.74) is 0. The highest BCUT2D eigenvalue weighted by molar-refractivity contribution is 5.01. The summed E-state index contributed by atoms with van der Waals surface area (Å²) in [7, 11) is 0. The van der Waals surface area contributed by atoms with Crippen molar-refractivity contribution >= 4 is 0 Å². The molecule has 2 heterocycles. The highest BCUT2D eigenvalue weighted by Crippen LogP contribution is 2.33. The molecule has 2 unspecified atom stereocenters. The third kappa shape index (κ3) is 1.82. The van der Waals surface area contributed by atoms with Crippen LogP contribution in [0.3, 0.4) is 0 Å². The lowest BCUT2D eigenvalue weighted by atomic mass is 10.2. The molecule has 2 saturated heterocycles. The van der Waals surface area contributed by atoms with Crippen molar-refractivity contribution in [2.45, 2.75) is 65.7 Å². The Morgan fingerprint density at radius 1 is 0.857 bits per heavy atom. The minimum atomic E-state index is 0. The third-order valence-corrected chi connectivity index (χ3v) is 3.65. The molecule has 0 saturated carbocycles. The topological polar surface area (TPSA) is 6.48 Å². The molecule has 2 rings (SSSR count). The Morgan fingerprint density at radius 2 is 1.21 bits per heavy atom. The highest BCUT2D eigenvalue weighted by Gasteiger charge is 2.44. The molecule has 0 radical (unpaired) electrons. The predicted molar refractivity (Wildman–Crippen MR) is 62.6 cm³/mol. The number of fused-ring (bicyclic) bond motifs is 2. The molecule has 2 fully saturated rings. The fourth-order valence-corrected chi connectivity index (χ4v) is 2.99. The SMILES string of the molecule is C.CC(C)N1CC2CC1CN2C(C)C. The number of hydrogen-bond acceptors (Lipinski definition) is 2. The first-order valence-corrected chi connectivity index (χ1v) is 5.61. The first kappa shape index (κ1) is 12.0. The van der Waals surface area contributed by atoms with Crippen molar-refractivity contribution in [3.8, 4) is 0 Å². The predicted octanol–water partition coefficient (Wildman–Crippen LogP) is 2.20. The number of nitrogens with zero attached hydrogens (tertiary/aromatic N) is 2. The number of hydrogen-bond donors (Lipinski definition) is 0. The van der Waals surface area contributed by atoms with Gasteiger partial charge in [-0.25, -0.2) is 0 Å². The standard InChI is InChI=1S/C11H22N2.CH4/c1-8(2)12-6-11-5-10(12)7-13(11)9(3)4;/h8-11H,5-7H2,1-4H3;1H4. The van der Waals surface area contributed by atoms with Crippen LogP contribution in [0.4, 0.5) is 0 Å². The van der Waals surface area contributed by atoms with Crippen molar-refractivity contribution < 1.29 is 0 Å². The van der Waals surface area contributed by atoms with E-state index in [1.807, 2.05) is 0 Å². The van der Waals surface area contributed by atoms with Crippen molar-refractivity contribution in [1.29, 1.82) is 0 Å². The van der Waals surface area contributed by atoms with Gasteiger partial charge in [-0.15, -0.1) is 0 Å². The molecule has 0 N–H and O–H groups in total. The Balaban J connectivity index is 0.000000980. The summed E-state index contributed by atoms with van der Waals surface area (Å²) in [5, 5.41) is 0. The lowest BCUT2D eigenvalue weighted by molar-refractivity contribution is 0.0849. The highest BCUT2D eigenvalue weighted by atomic mass is 15.4. The van der Waals surface area contributed by atoms with Crippen molar-refractivity contribution in [3.05, 3.63) is 0 Å². The van der Waals surface area contributed by atoms with Crippen molar-refractivity contribution in [2.24, 2.45) is 0 Å². The summed E-state index contributed by atoms with van der Waals surface area (Å²) < 4.78 is 0. The second-order valence-corrected chi connectivity index (χ2v) is 5.12. The van der Waals surface area contributed by atoms with E-state index in [4.69, 9.17) is 0 Å². The molecule has 2 nitrogen and oxygen atoms in total. The normalized spacial score (nSPS) is 33.0. The van der Waals surface area contributed by atoms with Gasteiger partial charge in [-0.05, 0) is 34.1 Å². The van der Waals surface area contributed by atoms with Gasteiger partial charge in [-0.1, -0.05) is 7.43 Å². The van der Waals surface area contributed by atoms with Gasteiger partial charge in [0.15, 0.2) is 0 Å². The van der Waals surface area contributed by atoms with Gasteiger partial charge in [0.1, 0.15) is 0 Å². The van der Waals surface area contributed by atoms with Crippen LogP contribution in [-0.2, 0) is 0 Å². The van der Waals surface area contributed by atoms with Crippen LogP contribution in [0.2, 0.25) is 0 Å². The average molecular weight is 198 g/mol. The van der Waals surface area contributed by atoms with Gasteiger partial charge in [0.25, 0.3) is 0 Å². The largest absolute Gasteiger partial charge is 0.295 e. The van der Waals surface area contributed by atoms with E-state index < -0.39 is 0 Å². The van der Waals surface area contributed by atoms with Crippen molar-refractivity contribution in [3.63, 3.8) is 0 Å². The van der Waals surface area contributed by atoms with Gasteiger partial charge in [0, 0.05) is 37.3 Å². The van der Waals surface area contributed by atoms with E-state index in [1.54, 1.807) is 0 Å². The van der Waals surface area contributed by atoms with Crippen LogP contribution >= 0.6 is 0 Å². The van der Waals surface area contributed by atoms with Crippen LogP contribution in [0.25, 0.3) is 0 Å². The van der Waals surface area contributed by atoms with E-state index in [0.29, 0.717) is 0 Å². The van der Waals surface area contributed by atoms with E-state index in [2.05, 4.69) is 37.5 Å². The molecule has 0 aliphatic carbocycles. The summed E-state index contributed by atoms with van der Waals surface area (Å²) in [6, 6.07) is 3.19. The monoisotopic (exact) mass is 198 g/mol. The van der Waals surface area contributed by atoms with Crippen molar-refractivity contribution in [1.82, 2.24) is 9.80 Å². The molecule has 0 spiro atoms. The van der Waals surface area contributed by atoms with Crippen LogP contribution in [0.1, 0.15) is 41.5 Å². The molecule has 14 heavy (non-hydrogen) atoms. The Morgan fingerprint density at radius 3 is 1.43 bits per heavy atom. The molecule has 0 amide bonds. The average Bonchev–Trinajstić information content (AvgIpc) is 2.60. The number of likely N-dealkylation sites (tertiary alicyclic amines) is 2. The summed E-state index contributed by atoms with van der Waals surface area (Å²) in [6.45, 7) is 11.9. The Kier molecular flexibility index (Phi) is 3.59. The lowest BCUT2D eigenvalue weighted by Gasteiger charge is -2.38. The quantitative estimate of drug-likeness (QED) is 0.671. The maximum atomic E-state index is 2.67. The van der Waals surface area contributed by atoms with Crippen LogP contribution in [0.15, 0.2) is 0 Å². The molecular formula is C12H26N2. The maximum absolute atomic E-state index is 2.67. The van der Waals surface area contributed by atoms with E-state index >= 15 is 0 Å².